The van der Waals surface area contributed by atoms with Crippen molar-refractivity contribution in [2.24, 2.45) is 4.99 Å². The predicted octanol–water partition coefficient (Wildman–Crippen LogP) is 2.76. The monoisotopic (exact) mass is 416 g/mol. The Morgan fingerprint density at radius 2 is 2.10 bits per heavy atom. The number of ether oxygens (including phenoxy) is 2. The quantitative estimate of drug-likeness (QED) is 0.461. The number of hydrogen-bond donors (Lipinski definition) is 2. The molecule has 2 aromatic rings. The number of thiophene rings is 1. The highest BCUT2D eigenvalue weighted by atomic mass is 32.1. The highest BCUT2D eigenvalue weighted by molar-refractivity contribution is 7.09. The van der Waals surface area contributed by atoms with Gasteiger partial charge in [-0.3, -0.25) is 4.90 Å². The van der Waals surface area contributed by atoms with Crippen LogP contribution in [0, 0.1) is 0 Å². The number of benzene rings is 1. The molecule has 2 heterocycles. The number of guanidine groups is 1. The number of hydrogen-bond acceptors (Lipinski definition) is 5. The van der Waals surface area contributed by atoms with Crippen LogP contribution in [0.15, 0.2) is 46.8 Å². The topological polar surface area (TPSA) is 58.1 Å². The van der Waals surface area contributed by atoms with Crippen molar-refractivity contribution < 1.29 is 9.47 Å². The van der Waals surface area contributed by atoms with E-state index in [2.05, 4.69) is 52.1 Å². The maximum absolute atomic E-state index is 5.95. The summed E-state index contributed by atoms with van der Waals surface area (Å²) in [7, 11) is 0. The van der Waals surface area contributed by atoms with Gasteiger partial charge in [0.05, 0.1) is 19.8 Å². The minimum Gasteiger partial charge on any atom is -0.492 e. The van der Waals surface area contributed by atoms with Crippen molar-refractivity contribution in [2.45, 2.75) is 19.9 Å². The molecule has 0 amide bonds. The van der Waals surface area contributed by atoms with E-state index in [1.165, 1.54) is 4.88 Å². The first-order valence-electron chi connectivity index (χ1n) is 10.4. The summed E-state index contributed by atoms with van der Waals surface area (Å²) in [5.41, 5.74) is 1.14. The molecule has 158 valence electrons. The van der Waals surface area contributed by atoms with Gasteiger partial charge in [0.15, 0.2) is 5.96 Å². The van der Waals surface area contributed by atoms with Crippen molar-refractivity contribution in [1.29, 1.82) is 0 Å². The van der Waals surface area contributed by atoms with Crippen LogP contribution in [0.5, 0.6) is 5.75 Å². The summed E-state index contributed by atoms with van der Waals surface area (Å²) in [4.78, 5) is 8.48. The summed E-state index contributed by atoms with van der Waals surface area (Å²) < 4.78 is 11.3. The van der Waals surface area contributed by atoms with Gasteiger partial charge in [0.25, 0.3) is 0 Å². The van der Waals surface area contributed by atoms with Gasteiger partial charge in [-0.1, -0.05) is 18.2 Å². The number of rotatable bonds is 10. The minimum atomic E-state index is 0.620. The van der Waals surface area contributed by atoms with Crippen LogP contribution >= 0.6 is 11.3 Å². The van der Waals surface area contributed by atoms with Gasteiger partial charge < -0.3 is 20.1 Å². The van der Waals surface area contributed by atoms with Crippen molar-refractivity contribution in [3.05, 3.63) is 52.2 Å². The van der Waals surface area contributed by atoms with Crippen LogP contribution < -0.4 is 15.4 Å². The maximum atomic E-state index is 5.95. The maximum Gasteiger partial charge on any atom is 0.191 e. The molecule has 6 nitrogen and oxygen atoms in total. The third-order valence-corrected chi connectivity index (χ3v) is 5.62. The Balaban J connectivity index is 1.44. The normalized spacial score (nSPS) is 15.3. The average Bonchev–Trinajstić information content (AvgIpc) is 3.27. The largest absolute Gasteiger partial charge is 0.492 e. The first kappa shape index (κ1) is 21.6. The second kappa shape index (κ2) is 12.5. The molecule has 2 N–H and O–H groups in total. The van der Waals surface area contributed by atoms with E-state index in [-0.39, 0.29) is 0 Å². The first-order valence-corrected chi connectivity index (χ1v) is 11.3. The smallest absolute Gasteiger partial charge is 0.191 e. The van der Waals surface area contributed by atoms with E-state index >= 15 is 0 Å². The Hall–Kier alpha value is -2.09. The lowest BCUT2D eigenvalue weighted by atomic mass is 10.2. The third kappa shape index (κ3) is 8.04. The molecule has 0 unspecified atom stereocenters. The molecule has 0 spiro atoms. The zero-order valence-corrected chi connectivity index (χ0v) is 18.0. The lowest BCUT2D eigenvalue weighted by Gasteiger charge is -2.26. The van der Waals surface area contributed by atoms with E-state index in [4.69, 9.17) is 14.5 Å². The Morgan fingerprint density at radius 3 is 2.90 bits per heavy atom. The van der Waals surface area contributed by atoms with Crippen LogP contribution in [-0.4, -0.2) is 63.4 Å². The third-order valence-electron chi connectivity index (χ3n) is 4.69. The van der Waals surface area contributed by atoms with Crippen molar-refractivity contribution in [1.82, 2.24) is 15.5 Å². The van der Waals surface area contributed by atoms with Crippen molar-refractivity contribution in [2.75, 3.05) is 52.5 Å². The molecule has 3 rings (SSSR count). The van der Waals surface area contributed by atoms with Gasteiger partial charge >= 0.3 is 0 Å². The lowest BCUT2D eigenvalue weighted by Crippen LogP contribution is -2.38. The van der Waals surface area contributed by atoms with Gasteiger partial charge in [-0.05, 0) is 42.5 Å². The summed E-state index contributed by atoms with van der Waals surface area (Å²) in [6, 6.07) is 12.5. The van der Waals surface area contributed by atoms with Gasteiger partial charge in [-0.25, -0.2) is 4.99 Å². The molecule has 29 heavy (non-hydrogen) atoms. The SMILES string of the molecule is CCNC(=NCc1cccc(OCCN2CCOCC2)c1)NCCc1cccs1. The summed E-state index contributed by atoms with van der Waals surface area (Å²) in [6.45, 7) is 9.67. The Labute approximate surface area is 177 Å². The van der Waals surface area contributed by atoms with E-state index < -0.39 is 0 Å². The highest BCUT2D eigenvalue weighted by Crippen LogP contribution is 2.14. The molecule has 1 saturated heterocycles. The first-order chi connectivity index (χ1) is 14.3. The van der Waals surface area contributed by atoms with E-state index in [1.807, 2.05) is 12.1 Å². The highest BCUT2D eigenvalue weighted by Gasteiger charge is 2.09. The summed E-state index contributed by atoms with van der Waals surface area (Å²) in [5, 5.41) is 8.84. The molecule has 1 fully saturated rings. The van der Waals surface area contributed by atoms with Gasteiger partial charge in [0.2, 0.25) is 0 Å². The van der Waals surface area contributed by atoms with Crippen molar-refractivity contribution in [3.8, 4) is 5.75 Å². The second-order valence-electron chi connectivity index (χ2n) is 6.90. The van der Waals surface area contributed by atoms with Crippen LogP contribution in [0.4, 0.5) is 0 Å². The van der Waals surface area contributed by atoms with Crippen molar-refractivity contribution >= 4 is 17.3 Å². The average molecular weight is 417 g/mol. The van der Waals surface area contributed by atoms with E-state index in [0.717, 1.165) is 69.6 Å². The lowest BCUT2D eigenvalue weighted by molar-refractivity contribution is 0.0322. The molecule has 1 aliphatic rings. The van der Waals surface area contributed by atoms with Gasteiger partial charge in [0.1, 0.15) is 12.4 Å². The zero-order valence-electron chi connectivity index (χ0n) is 17.2. The molecule has 0 radical (unpaired) electrons. The summed E-state index contributed by atoms with van der Waals surface area (Å²) in [5.74, 6) is 1.75. The fourth-order valence-corrected chi connectivity index (χ4v) is 3.83. The van der Waals surface area contributed by atoms with Crippen LogP contribution in [0.1, 0.15) is 17.4 Å². The van der Waals surface area contributed by atoms with Crippen LogP contribution in [0.25, 0.3) is 0 Å². The number of morpholine rings is 1. The molecule has 0 saturated carbocycles. The molecule has 0 aliphatic carbocycles. The predicted molar refractivity (Wildman–Crippen MR) is 120 cm³/mol. The molecule has 7 heteroatoms. The molecule has 1 aromatic carbocycles. The van der Waals surface area contributed by atoms with Crippen LogP contribution in [0.3, 0.4) is 0 Å². The molecule has 0 atom stereocenters. The fraction of sp³-hybridized carbons (Fsp3) is 0.500. The van der Waals surface area contributed by atoms with Gasteiger partial charge in [0, 0.05) is 37.6 Å². The van der Waals surface area contributed by atoms with Gasteiger partial charge in [-0.2, -0.15) is 0 Å². The number of nitrogens with one attached hydrogen (secondary N) is 2. The Kier molecular flexibility index (Phi) is 9.29. The minimum absolute atomic E-state index is 0.620. The fourth-order valence-electron chi connectivity index (χ4n) is 3.12. The van der Waals surface area contributed by atoms with E-state index in [9.17, 15) is 0 Å². The molecule has 1 aromatic heterocycles. The van der Waals surface area contributed by atoms with Gasteiger partial charge in [-0.15, -0.1) is 11.3 Å². The van der Waals surface area contributed by atoms with Crippen LogP contribution in [-0.2, 0) is 17.7 Å². The standard InChI is InChI=1S/C22H32N4O2S/c1-2-23-22(24-9-8-21-7-4-16-29-21)25-18-19-5-3-6-20(17-19)28-15-12-26-10-13-27-14-11-26/h3-7,16-17H,2,8-15,18H2,1H3,(H2,23,24,25). The van der Waals surface area contributed by atoms with Crippen LogP contribution in [0.2, 0.25) is 0 Å². The summed E-state index contributed by atoms with van der Waals surface area (Å²) >= 11 is 1.79. The van der Waals surface area contributed by atoms with E-state index in [1.54, 1.807) is 11.3 Å². The number of nitrogens with zero attached hydrogens (tertiary/aromatic N) is 2. The summed E-state index contributed by atoms with van der Waals surface area (Å²) in [6.07, 6.45) is 1.01. The second-order valence-corrected chi connectivity index (χ2v) is 7.93. The number of aliphatic imine (C=N–C) groups is 1. The van der Waals surface area contributed by atoms with E-state index in [0.29, 0.717) is 13.2 Å². The molecular weight excluding hydrogens is 384 g/mol. The molecular formula is C22H32N4O2S. The van der Waals surface area contributed by atoms with Crippen molar-refractivity contribution in [3.63, 3.8) is 0 Å². The molecule has 0 bridgehead atoms. The molecule has 1 aliphatic heterocycles. The Morgan fingerprint density at radius 1 is 1.21 bits per heavy atom. The zero-order chi connectivity index (χ0) is 20.2. The Bertz CT molecular complexity index is 730.